The maximum absolute atomic E-state index is 11.5. The van der Waals surface area contributed by atoms with Gasteiger partial charge < -0.3 is 47.1 Å². The van der Waals surface area contributed by atoms with Crippen molar-refractivity contribution in [2.24, 2.45) is 11.5 Å². The summed E-state index contributed by atoms with van der Waals surface area (Å²) >= 11 is 0.926. The minimum absolute atomic E-state index is 0.0537. The molecule has 0 bridgehead atoms. The van der Waals surface area contributed by atoms with Crippen molar-refractivity contribution in [1.82, 2.24) is 14.5 Å². The number of aromatic nitrogens is 3. The third-order valence-corrected chi connectivity index (χ3v) is 4.64. The van der Waals surface area contributed by atoms with Gasteiger partial charge in [-0.15, -0.1) is 0 Å². The zero-order valence-electron chi connectivity index (χ0n) is 18.2. The molecule has 34 heavy (non-hydrogen) atoms. The van der Waals surface area contributed by atoms with Crippen LogP contribution < -0.4 is 22.9 Å². The second-order valence-corrected chi connectivity index (χ2v) is 7.51. The number of pyridine rings is 1. The van der Waals surface area contributed by atoms with Crippen LogP contribution in [0.25, 0.3) is 0 Å². The van der Waals surface area contributed by atoms with Crippen LogP contribution >= 0.6 is 11.8 Å². The minimum atomic E-state index is -1.31. The fraction of sp³-hybridized carbons (Fsp3) is 0.474. The van der Waals surface area contributed by atoms with E-state index in [1.54, 1.807) is 24.4 Å². The third-order valence-electron chi connectivity index (χ3n) is 3.98. The monoisotopic (exact) mass is 502 g/mol. The van der Waals surface area contributed by atoms with E-state index < -0.39 is 42.1 Å². The van der Waals surface area contributed by atoms with Crippen LogP contribution in [0.1, 0.15) is 6.23 Å². The van der Waals surface area contributed by atoms with Crippen molar-refractivity contribution < 1.29 is 34.7 Å². The molecule has 0 aromatic carbocycles. The lowest BCUT2D eigenvalue weighted by atomic mass is 10.1. The number of carbonyl (C=O) groups excluding carboxylic acids is 1. The number of anilines is 1. The number of aliphatic hydroxyl groups is 4. The molecule has 1 fully saturated rings. The molecule has 1 saturated heterocycles. The lowest BCUT2D eigenvalue weighted by Gasteiger charge is -2.16. The summed E-state index contributed by atoms with van der Waals surface area (Å²) in [5, 5.41) is 36.5. The summed E-state index contributed by atoms with van der Waals surface area (Å²) in [6.45, 7) is 1.10. The molecular formula is C19H30N6O8S. The Hall–Kier alpha value is -2.63. The van der Waals surface area contributed by atoms with E-state index >= 15 is 0 Å². The van der Waals surface area contributed by atoms with Crippen molar-refractivity contribution in [1.29, 1.82) is 0 Å². The summed E-state index contributed by atoms with van der Waals surface area (Å²) in [5.74, 6) is 0.0537. The van der Waals surface area contributed by atoms with Crippen LogP contribution in [0.4, 0.5) is 10.6 Å². The van der Waals surface area contributed by atoms with Crippen LogP contribution in [0.2, 0.25) is 0 Å². The number of thioether (sulfide) groups is 1. The fourth-order valence-corrected chi connectivity index (χ4v) is 2.96. The van der Waals surface area contributed by atoms with Gasteiger partial charge in [0.2, 0.25) is 0 Å². The topological polar surface area (TPSA) is 242 Å². The highest BCUT2D eigenvalue weighted by molar-refractivity contribution is 8.13. The first-order valence-electron chi connectivity index (χ1n) is 9.99. The molecule has 1 aliphatic rings. The number of nitrogens with zero attached hydrogens (tertiary/aromatic N) is 3. The lowest BCUT2D eigenvalue weighted by Crippen LogP contribution is -2.36. The van der Waals surface area contributed by atoms with Crippen LogP contribution in [0.3, 0.4) is 0 Å². The maximum Gasteiger partial charge on any atom is 0.351 e. The van der Waals surface area contributed by atoms with Gasteiger partial charge in [0.05, 0.1) is 26.4 Å². The Morgan fingerprint density at radius 2 is 1.94 bits per heavy atom. The van der Waals surface area contributed by atoms with Gasteiger partial charge in [-0.05, 0) is 30.0 Å². The van der Waals surface area contributed by atoms with Crippen molar-refractivity contribution in [3.8, 4) is 0 Å². The molecule has 1 amide bonds. The van der Waals surface area contributed by atoms with Crippen molar-refractivity contribution >= 4 is 22.8 Å². The molecule has 1 aliphatic heterocycles. The Kier molecular flexibility index (Phi) is 13.9. The molecule has 2 aromatic heterocycles. The quantitative estimate of drug-likeness (QED) is 0.155. The first kappa shape index (κ1) is 29.4. The standard InChI is InChI=1S/C9H13N3O5.C6H6N2OS.C4H11NO2/c10-5-1-2-12(9(16)11-5)8-7(15)6(14)4(3-13)17-8;7-6(9)10-5-3-1-2-4-8-5;5-1-3-7-4-2-6/h1-2,4,6-8,13-15H,3H2,(H2,10,11,16);1-4H,(H2,7,9);6H,1-5H2/t4-,6-,7+,8-;;/m1../s1. The highest BCUT2D eigenvalue weighted by Gasteiger charge is 2.43. The zero-order chi connectivity index (χ0) is 25.5. The first-order valence-corrected chi connectivity index (χ1v) is 10.8. The zero-order valence-corrected chi connectivity index (χ0v) is 19.0. The number of amides is 1. The normalized spacial score (nSPS) is 21.1. The second kappa shape index (κ2) is 16.1. The fourth-order valence-electron chi connectivity index (χ4n) is 2.49. The van der Waals surface area contributed by atoms with Gasteiger partial charge in [-0.3, -0.25) is 9.36 Å². The maximum atomic E-state index is 11.5. The number of carbonyl (C=O) groups is 1. The molecule has 0 spiro atoms. The number of rotatable bonds is 7. The van der Waals surface area contributed by atoms with Gasteiger partial charge in [-0.1, -0.05) is 6.07 Å². The van der Waals surface area contributed by atoms with Gasteiger partial charge in [0, 0.05) is 18.9 Å². The molecule has 2 aromatic rings. The molecule has 0 radical (unpaired) electrons. The number of nitrogens with two attached hydrogens (primary N) is 3. The Morgan fingerprint density at radius 3 is 2.44 bits per heavy atom. The molecule has 10 N–H and O–H groups in total. The van der Waals surface area contributed by atoms with Gasteiger partial charge >= 0.3 is 5.69 Å². The van der Waals surface area contributed by atoms with Crippen LogP contribution in [-0.4, -0.2) is 91.5 Å². The first-order chi connectivity index (χ1) is 16.2. The number of aliphatic hydroxyl groups excluding tert-OH is 4. The van der Waals surface area contributed by atoms with Crippen molar-refractivity contribution in [2.75, 3.05) is 38.7 Å². The Morgan fingerprint density at radius 1 is 1.21 bits per heavy atom. The highest BCUT2D eigenvalue weighted by atomic mass is 32.2. The van der Waals surface area contributed by atoms with E-state index in [2.05, 4.69) is 9.97 Å². The van der Waals surface area contributed by atoms with Gasteiger partial charge in [0.1, 0.15) is 29.2 Å². The average Bonchev–Trinajstić information content (AvgIpc) is 3.09. The molecule has 0 saturated carbocycles. The molecule has 0 aliphatic carbocycles. The largest absolute Gasteiger partial charge is 0.394 e. The molecule has 0 unspecified atom stereocenters. The van der Waals surface area contributed by atoms with Crippen LogP contribution in [0.15, 0.2) is 46.5 Å². The number of hydrogen-bond donors (Lipinski definition) is 7. The molecule has 4 atom stereocenters. The molecular weight excluding hydrogens is 472 g/mol. The van der Waals surface area contributed by atoms with E-state index in [1.165, 1.54) is 12.3 Å². The lowest BCUT2D eigenvalue weighted by molar-refractivity contribution is -0.0549. The van der Waals surface area contributed by atoms with Gasteiger partial charge in [-0.25, -0.2) is 9.78 Å². The molecule has 15 heteroatoms. The predicted octanol–water partition coefficient (Wildman–Crippen LogP) is -2.36. The van der Waals surface area contributed by atoms with E-state index in [1.807, 2.05) is 0 Å². The van der Waals surface area contributed by atoms with E-state index in [0.29, 0.717) is 24.8 Å². The third kappa shape index (κ3) is 10.1. The summed E-state index contributed by atoms with van der Waals surface area (Å²) in [4.78, 5) is 29.2. The van der Waals surface area contributed by atoms with E-state index in [0.717, 1.165) is 16.3 Å². The SMILES string of the molecule is NC(=O)Sc1ccccn1.NCCOCCO.Nc1ccn([C@@H]2O[C@H](CO)[C@@H](O)[C@@H]2O)c(=O)n1. The van der Waals surface area contributed by atoms with Crippen molar-refractivity contribution in [3.05, 3.63) is 47.1 Å². The molecule has 3 rings (SSSR count). The Balaban J connectivity index is 0.000000289. The summed E-state index contributed by atoms with van der Waals surface area (Å²) in [6.07, 6.45) is -1.65. The Labute approximate surface area is 199 Å². The molecule has 14 nitrogen and oxygen atoms in total. The van der Waals surface area contributed by atoms with Crippen molar-refractivity contribution in [3.63, 3.8) is 0 Å². The van der Waals surface area contributed by atoms with Crippen LogP contribution in [0.5, 0.6) is 0 Å². The smallest absolute Gasteiger partial charge is 0.351 e. The summed E-state index contributed by atoms with van der Waals surface area (Å²) in [5.41, 5.74) is 14.6. The summed E-state index contributed by atoms with van der Waals surface area (Å²) < 4.78 is 10.9. The number of ether oxygens (including phenoxy) is 2. The number of primary amides is 1. The van der Waals surface area contributed by atoms with Gasteiger partial charge in [-0.2, -0.15) is 4.98 Å². The molecule has 190 valence electrons. The predicted molar refractivity (Wildman–Crippen MR) is 123 cm³/mol. The van der Waals surface area contributed by atoms with E-state index in [-0.39, 0.29) is 12.4 Å². The Bertz CT molecular complexity index is 902. The van der Waals surface area contributed by atoms with Crippen LogP contribution in [0, 0.1) is 0 Å². The van der Waals surface area contributed by atoms with Gasteiger partial charge in [0.25, 0.3) is 5.24 Å². The highest BCUT2D eigenvalue weighted by Crippen LogP contribution is 2.27. The van der Waals surface area contributed by atoms with Crippen molar-refractivity contribution in [2.45, 2.75) is 29.6 Å². The minimum Gasteiger partial charge on any atom is -0.394 e. The summed E-state index contributed by atoms with van der Waals surface area (Å²) in [6, 6.07) is 6.69. The number of nitrogen functional groups attached to an aromatic ring is 1. The number of hydrogen-bond acceptors (Lipinski definition) is 13. The average molecular weight is 503 g/mol. The summed E-state index contributed by atoms with van der Waals surface area (Å²) in [7, 11) is 0. The van der Waals surface area contributed by atoms with Crippen LogP contribution in [-0.2, 0) is 9.47 Å². The second-order valence-electron chi connectivity index (χ2n) is 6.48. The van der Waals surface area contributed by atoms with E-state index in [4.69, 9.17) is 36.9 Å². The molecule has 3 heterocycles. The van der Waals surface area contributed by atoms with Gasteiger partial charge in [0.15, 0.2) is 6.23 Å². The van der Waals surface area contributed by atoms with E-state index in [9.17, 15) is 19.8 Å².